The summed E-state index contributed by atoms with van der Waals surface area (Å²) in [6.45, 7) is 0.500. The number of aliphatic hydroxyl groups is 1. The molecule has 0 aromatic heterocycles. The van der Waals surface area contributed by atoms with Gasteiger partial charge in [-0.05, 0) is 11.6 Å². The summed E-state index contributed by atoms with van der Waals surface area (Å²) in [6, 6.07) is 7.03. The third-order valence-electron chi connectivity index (χ3n) is 2.58. The molecule has 16 heavy (non-hydrogen) atoms. The number of ether oxygens (including phenoxy) is 1. The summed E-state index contributed by atoms with van der Waals surface area (Å²) in [7, 11) is 0. The summed E-state index contributed by atoms with van der Waals surface area (Å²) < 4.78 is 4.86. The molecule has 0 spiro atoms. The van der Waals surface area contributed by atoms with E-state index in [2.05, 4.69) is 0 Å². The lowest BCUT2D eigenvalue weighted by Crippen LogP contribution is -2.35. The summed E-state index contributed by atoms with van der Waals surface area (Å²) in [5.74, 6) is 0. The van der Waals surface area contributed by atoms with Crippen molar-refractivity contribution in [1.29, 1.82) is 0 Å². The number of carbonyl (C=O) groups is 1. The SMILES string of the molecule is O=C1OCC(CO)N1Cc1ccccc1Cl. The smallest absolute Gasteiger partial charge is 0.410 e. The molecule has 0 bridgehead atoms. The van der Waals surface area contributed by atoms with Gasteiger partial charge in [-0.15, -0.1) is 0 Å². The number of carbonyl (C=O) groups excluding carboxylic acids is 1. The van der Waals surface area contributed by atoms with Gasteiger partial charge in [-0.2, -0.15) is 0 Å². The lowest BCUT2D eigenvalue weighted by Gasteiger charge is -2.19. The number of hydrogen-bond acceptors (Lipinski definition) is 3. The minimum absolute atomic E-state index is 0.101. The van der Waals surface area contributed by atoms with Gasteiger partial charge < -0.3 is 9.84 Å². The zero-order valence-corrected chi connectivity index (χ0v) is 9.35. The minimum Gasteiger partial charge on any atom is -0.447 e. The average Bonchev–Trinajstić information content (AvgIpc) is 2.63. The molecule has 1 unspecified atom stereocenters. The predicted molar refractivity (Wildman–Crippen MR) is 59.2 cm³/mol. The molecule has 1 amide bonds. The molecule has 1 aliphatic rings. The number of nitrogens with zero attached hydrogens (tertiary/aromatic N) is 1. The molecule has 1 N–H and O–H groups in total. The lowest BCUT2D eigenvalue weighted by molar-refractivity contribution is 0.151. The van der Waals surface area contributed by atoms with E-state index in [1.807, 2.05) is 18.2 Å². The van der Waals surface area contributed by atoms with Gasteiger partial charge in [0.15, 0.2) is 0 Å². The van der Waals surface area contributed by atoms with E-state index >= 15 is 0 Å². The van der Waals surface area contributed by atoms with E-state index in [1.165, 1.54) is 4.90 Å². The van der Waals surface area contributed by atoms with E-state index in [0.717, 1.165) is 5.56 Å². The fourth-order valence-corrected chi connectivity index (χ4v) is 1.84. The van der Waals surface area contributed by atoms with Gasteiger partial charge in [-0.25, -0.2) is 4.79 Å². The molecule has 0 radical (unpaired) electrons. The Morgan fingerprint density at radius 2 is 2.25 bits per heavy atom. The molecule has 1 heterocycles. The summed E-state index contributed by atoms with van der Waals surface area (Å²) in [5, 5.41) is 9.70. The number of amides is 1. The van der Waals surface area contributed by atoms with Crippen LogP contribution in [0.5, 0.6) is 0 Å². The first kappa shape index (κ1) is 11.2. The molecule has 1 fully saturated rings. The maximum atomic E-state index is 11.4. The van der Waals surface area contributed by atoms with Gasteiger partial charge in [0.2, 0.25) is 0 Å². The number of halogens is 1. The molecule has 1 atom stereocenters. The molecule has 0 aliphatic carbocycles. The van der Waals surface area contributed by atoms with Crippen molar-refractivity contribution < 1.29 is 14.6 Å². The summed E-state index contributed by atoms with van der Waals surface area (Å²) >= 11 is 6.00. The molecule has 2 rings (SSSR count). The first-order valence-corrected chi connectivity index (χ1v) is 5.38. The maximum Gasteiger partial charge on any atom is 0.410 e. The number of benzene rings is 1. The Hall–Kier alpha value is -1.26. The largest absolute Gasteiger partial charge is 0.447 e. The highest BCUT2D eigenvalue weighted by atomic mass is 35.5. The molecule has 1 aromatic rings. The summed E-state index contributed by atoms with van der Waals surface area (Å²) in [6.07, 6.45) is -0.404. The standard InChI is InChI=1S/C11H12ClNO3/c12-10-4-2-1-3-8(10)5-13-9(6-14)7-16-11(13)15/h1-4,9,14H,5-7H2. The summed E-state index contributed by atoms with van der Waals surface area (Å²) in [5.41, 5.74) is 0.849. The van der Waals surface area contributed by atoms with Crippen LogP contribution < -0.4 is 0 Å². The first-order chi connectivity index (χ1) is 7.72. The van der Waals surface area contributed by atoms with E-state index in [4.69, 9.17) is 21.4 Å². The van der Waals surface area contributed by atoms with Crippen LogP contribution >= 0.6 is 11.6 Å². The van der Waals surface area contributed by atoms with Gasteiger partial charge in [0.25, 0.3) is 0 Å². The van der Waals surface area contributed by atoms with Crippen LogP contribution in [0.3, 0.4) is 0 Å². The van der Waals surface area contributed by atoms with Gasteiger partial charge >= 0.3 is 6.09 Å². The molecular weight excluding hydrogens is 230 g/mol. The van der Waals surface area contributed by atoms with Crippen LogP contribution in [-0.2, 0) is 11.3 Å². The van der Waals surface area contributed by atoms with Gasteiger partial charge in [0, 0.05) is 5.02 Å². The fraction of sp³-hybridized carbons (Fsp3) is 0.364. The van der Waals surface area contributed by atoms with Gasteiger partial charge in [0.05, 0.1) is 19.2 Å². The van der Waals surface area contributed by atoms with E-state index in [9.17, 15) is 4.79 Å². The lowest BCUT2D eigenvalue weighted by atomic mass is 10.2. The van der Waals surface area contributed by atoms with Crippen LogP contribution in [0.4, 0.5) is 4.79 Å². The second-order valence-electron chi connectivity index (χ2n) is 3.63. The van der Waals surface area contributed by atoms with E-state index < -0.39 is 6.09 Å². The fourth-order valence-electron chi connectivity index (χ4n) is 1.64. The van der Waals surface area contributed by atoms with Crippen molar-refractivity contribution >= 4 is 17.7 Å². The first-order valence-electron chi connectivity index (χ1n) is 5.00. The van der Waals surface area contributed by atoms with Gasteiger partial charge in [-0.3, -0.25) is 4.90 Å². The molecule has 1 aliphatic heterocycles. The predicted octanol–water partition coefficient (Wildman–Crippen LogP) is 1.65. The Morgan fingerprint density at radius 1 is 1.50 bits per heavy atom. The molecule has 0 saturated carbocycles. The van der Waals surface area contributed by atoms with Crippen LogP contribution in [-0.4, -0.2) is 35.4 Å². The molecular formula is C11H12ClNO3. The number of cyclic esters (lactones) is 1. The van der Waals surface area contributed by atoms with Gasteiger partial charge in [-0.1, -0.05) is 29.8 Å². The van der Waals surface area contributed by atoms with Crippen LogP contribution in [0.1, 0.15) is 5.56 Å². The number of hydrogen-bond donors (Lipinski definition) is 1. The molecule has 86 valence electrons. The normalized spacial score (nSPS) is 20.0. The van der Waals surface area contributed by atoms with E-state index in [0.29, 0.717) is 11.6 Å². The quantitative estimate of drug-likeness (QED) is 0.876. The van der Waals surface area contributed by atoms with Crippen molar-refractivity contribution in [2.24, 2.45) is 0 Å². The number of aliphatic hydroxyl groups excluding tert-OH is 1. The topological polar surface area (TPSA) is 49.8 Å². The van der Waals surface area contributed by atoms with Crippen molar-refractivity contribution in [2.75, 3.05) is 13.2 Å². The van der Waals surface area contributed by atoms with E-state index in [-0.39, 0.29) is 19.3 Å². The van der Waals surface area contributed by atoms with Crippen molar-refractivity contribution in [2.45, 2.75) is 12.6 Å². The Kier molecular flexibility index (Phi) is 3.31. The van der Waals surface area contributed by atoms with Crippen LogP contribution in [0.15, 0.2) is 24.3 Å². The van der Waals surface area contributed by atoms with Crippen LogP contribution in [0.2, 0.25) is 5.02 Å². The van der Waals surface area contributed by atoms with Crippen LogP contribution in [0.25, 0.3) is 0 Å². The third kappa shape index (κ3) is 2.13. The zero-order valence-electron chi connectivity index (χ0n) is 8.60. The summed E-state index contributed by atoms with van der Waals surface area (Å²) in [4.78, 5) is 12.9. The van der Waals surface area contributed by atoms with E-state index in [1.54, 1.807) is 6.07 Å². The highest BCUT2D eigenvalue weighted by Gasteiger charge is 2.32. The minimum atomic E-state index is -0.404. The zero-order chi connectivity index (χ0) is 11.5. The molecule has 4 nitrogen and oxygen atoms in total. The number of rotatable bonds is 3. The Balaban J connectivity index is 2.14. The van der Waals surface area contributed by atoms with Crippen molar-refractivity contribution in [3.8, 4) is 0 Å². The second-order valence-corrected chi connectivity index (χ2v) is 4.04. The third-order valence-corrected chi connectivity index (χ3v) is 2.95. The monoisotopic (exact) mass is 241 g/mol. The Morgan fingerprint density at radius 3 is 2.94 bits per heavy atom. The van der Waals surface area contributed by atoms with Crippen molar-refractivity contribution in [1.82, 2.24) is 4.90 Å². The highest BCUT2D eigenvalue weighted by Crippen LogP contribution is 2.21. The second kappa shape index (κ2) is 4.72. The molecule has 1 saturated heterocycles. The molecule has 5 heteroatoms. The molecule has 1 aromatic carbocycles. The highest BCUT2D eigenvalue weighted by molar-refractivity contribution is 6.31. The van der Waals surface area contributed by atoms with Crippen molar-refractivity contribution in [3.63, 3.8) is 0 Å². The maximum absolute atomic E-state index is 11.4. The Labute approximate surface area is 98.4 Å². The average molecular weight is 242 g/mol. The van der Waals surface area contributed by atoms with Crippen molar-refractivity contribution in [3.05, 3.63) is 34.9 Å². The van der Waals surface area contributed by atoms with Gasteiger partial charge in [0.1, 0.15) is 6.61 Å². The van der Waals surface area contributed by atoms with Crippen LogP contribution in [0, 0.1) is 0 Å². The Bertz CT molecular complexity index is 397.